The molecule has 124 valence electrons. The van der Waals surface area contributed by atoms with E-state index in [0.29, 0.717) is 0 Å². The molecule has 0 aromatic rings. The Balaban J connectivity index is -0.000000240. The van der Waals surface area contributed by atoms with Crippen LogP contribution in [0, 0.1) is 0 Å². The Morgan fingerprint density at radius 3 is 1.00 bits per heavy atom. The van der Waals surface area contributed by atoms with Gasteiger partial charge in [0.25, 0.3) is 0 Å². The number of aliphatic hydroxyl groups excluding tert-OH is 3. The second kappa shape index (κ2) is 12.8. The topological polar surface area (TPSA) is 210 Å². The van der Waals surface area contributed by atoms with Crippen LogP contribution in [0.25, 0.3) is 0 Å². The van der Waals surface area contributed by atoms with Crippen molar-refractivity contribution >= 4 is 23.9 Å². The van der Waals surface area contributed by atoms with Crippen molar-refractivity contribution in [2.24, 2.45) is 0 Å². The Hall–Kier alpha value is -2.24. The summed E-state index contributed by atoms with van der Waals surface area (Å²) in [5.74, 6) is -5.22. The van der Waals surface area contributed by atoms with Gasteiger partial charge in [0.1, 0.15) is 12.2 Å². The average molecular weight is 314 g/mol. The predicted molar refractivity (Wildman–Crippen MR) is 64.5 cm³/mol. The van der Waals surface area contributed by atoms with Gasteiger partial charge in [-0.2, -0.15) is 0 Å². The molecule has 21 heavy (non-hydrogen) atoms. The van der Waals surface area contributed by atoms with E-state index in [1.807, 2.05) is 0 Å². The van der Waals surface area contributed by atoms with Crippen molar-refractivity contribution < 1.29 is 54.9 Å². The van der Waals surface area contributed by atoms with Crippen molar-refractivity contribution in [2.45, 2.75) is 38.6 Å². The van der Waals surface area contributed by atoms with Crippen LogP contribution in [0.5, 0.6) is 0 Å². The van der Waals surface area contributed by atoms with E-state index in [0.717, 1.165) is 0 Å². The van der Waals surface area contributed by atoms with Crippen LogP contribution in [-0.4, -0.2) is 77.9 Å². The summed E-state index contributed by atoms with van der Waals surface area (Å²) in [7, 11) is 0. The summed E-state index contributed by atoms with van der Waals surface area (Å²) in [6, 6.07) is 0. The van der Waals surface area contributed by atoms with E-state index >= 15 is 0 Å². The third-order valence-electron chi connectivity index (χ3n) is 1.37. The van der Waals surface area contributed by atoms with Crippen LogP contribution in [0.4, 0.5) is 0 Å². The first kappa shape index (κ1) is 23.8. The molecule has 0 bridgehead atoms. The highest BCUT2D eigenvalue weighted by Gasteiger charge is 2.16. The van der Waals surface area contributed by atoms with E-state index < -0.39 is 48.6 Å². The number of carboxylic acids is 4. The molecule has 0 saturated heterocycles. The fourth-order valence-corrected chi connectivity index (χ4v) is 0.253. The van der Waals surface area contributed by atoms with Crippen LogP contribution < -0.4 is 0 Å². The van der Waals surface area contributed by atoms with Crippen LogP contribution in [-0.2, 0) is 19.2 Å². The van der Waals surface area contributed by atoms with E-state index in [2.05, 4.69) is 0 Å². The lowest BCUT2D eigenvalue weighted by Crippen LogP contribution is -2.22. The molecule has 0 aliphatic carbocycles. The third kappa shape index (κ3) is 23.3. The van der Waals surface area contributed by atoms with Gasteiger partial charge < -0.3 is 35.7 Å². The number of carboxylic acid groups (broad SMARTS) is 4. The lowest BCUT2D eigenvalue weighted by molar-refractivity contribution is -0.152. The lowest BCUT2D eigenvalue weighted by Gasteiger charge is -1.97. The molecule has 0 saturated carbocycles. The third-order valence-corrected chi connectivity index (χ3v) is 1.37. The molecule has 11 nitrogen and oxygen atoms in total. The van der Waals surface area contributed by atoms with Gasteiger partial charge in [-0.3, -0.25) is 4.79 Å². The second-order valence-corrected chi connectivity index (χ2v) is 3.48. The normalized spacial score (nSPS) is 13.2. The molecule has 1 unspecified atom stereocenters. The highest BCUT2D eigenvalue weighted by atomic mass is 16.4. The second-order valence-electron chi connectivity index (χ2n) is 3.48. The largest absolute Gasteiger partial charge is 0.481 e. The van der Waals surface area contributed by atoms with Gasteiger partial charge in [0.2, 0.25) is 0 Å². The average Bonchev–Trinajstić information content (AvgIpc) is 2.29. The van der Waals surface area contributed by atoms with Crippen molar-refractivity contribution in [1.29, 1.82) is 0 Å². The molecule has 3 atom stereocenters. The van der Waals surface area contributed by atoms with E-state index in [4.69, 9.17) is 35.7 Å². The smallest absolute Gasteiger partial charge is 0.333 e. The fourth-order valence-electron chi connectivity index (χ4n) is 0.253. The summed E-state index contributed by atoms with van der Waals surface area (Å²) < 4.78 is 0. The summed E-state index contributed by atoms with van der Waals surface area (Å²) >= 11 is 0. The van der Waals surface area contributed by atoms with Gasteiger partial charge in [0.15, 0.2) is 6.10 Å². The molecule has 0 aliphatic heterocycles. The molecule has 0 amide bonds. The number of hydrogen-bond acceptors (Lipinski definition) is 7. The van der Waals surface area contributed by atoms with Crippen molar-refractivity contribution in [3.63, 3.8) is 0 Å². The zero-order valence-electron chi connectivity index (χ0n) is 11.2. The molecule has 0 rings (SSSR count). The Morgan fingerprint density at radius 2 is 0.952 bits per heavy atom. The molecule has 0 spiro atoms. The van der Waals surface area contributed by atoms with Gasteiger partial charge in [-0.1, -0.05) is 0 Å². The molecule has 0 fully saturated rings. The molecular formula is C10H18O11. The molecule has 0 aliphatic rings. The Morgan fingerprint density at radius 1 is 0.714 bits per heavy atom. The first-order valence-electron chi connectivity index (χ1n) is 5.27. The van der Waals surface area contributed by atoms with Gasteiger partial charge >= 0.3 is 23.9 Å². The van der Waals surface area contributed by atoms with E-state index in [1.165, 1.54) is 13.8 Å². The van der Waals surface area contributed by atoms with Crippen LogP contribution >= 0.6 is 0 Å². The molecule has 0 radical (unpaired) electrons. The van der Waals surface area contributed by atoms with Crippen LogP contribution in [0.15, 0.2) is 0 Å². The van der Waals surface area contributed by atoms with Gasteiger partial charge in [-0.15, -0.1) is 0 Å². The monoisotopic (exact) mass is 314 g/mol. The van der Waals surface area contributed by atoms with E-state index in [9.17, 15) is 19.2 Å². The molecule has 0 aromatic heterocycles. The van der Waals surface area contributed by atoms with Crippen molar-refractivity contribution in [3.8, 4) is 0 Å². The summed E-state index contributed by atoms with van der Waals surface area (Å²) in [6.45, 7) is 2.39. The van der Waals surface area contributed by atoms with Gasteiger partial charge in [-0.25, -0.2) is 14.4 Å². The highest BCUT2D eigenvalue weighted by molar-refractivity contribution is 5.79. The Bertz CT molecular complexity index is 329. The maximum absolute atomic E-state index is 9.72. The lowest BCUT2D eigenvalue weighted by atomic mass is 10.3. The fraction of sp³-hybridized carbons (Fsp3) is 0.600. The minimum atomic E-state index is -1.79. The van der Waals surface area contributed by atoms with Gasteiger partial charge in [0.05, 0.1) is 6.42 Å². The summed E-state index contributed by atoms with van der Waals surface area (Å²) in [6.07, 6.45) is -5.01. The summed E-state index contributed by atoms with van der Waals surface area (Å²) in [4.78, 5) is 38.3. The number of hydrogen-bond donors (Lipinski definition) is 7. The molecule has 11 heteroatoms. The standard InChI is InChI=1S/C4H6O5.2C3H6O3/c5-2(4(8)9)1-3(6)7;2*1-2(4)3(5)6/h2,5H,1H2,(H,6,7)(H,8,9);2*2,4H,1H3,(H,5,6)/t2*2-;/m00./s1. The first-order chi connectivity index (χ1) is 9.32. The van der Waals surface area contributed by atoms with Crippen LogP contribution in [0.1, 0.15) is 20.3 Å². The molecular weight excluding hydrogens is 296 g/mol. The first-order valence-corrected chi connectivity index (χ1v) is 5.27. The zero-order valence-corrected chi connectivity index (χ0v) is 11.2. The number of carbonyl (C=O) groups is 4. The molecule has 0 aromatic carbocycles. The molecule has 0 heterocycles. The summed E-state index contributed by atoms with van der Waals surface area (Å²) in [5.41, 5.74) is 0. The van der Waals surface area contributed by atoms with Crippen LogP contribution in [0.2, 0.25) is 0 Å². The summed E-state index contributed by atoms with van der Waals surface area (Å²) in [5, 5.41) is 55.7. The minimum absolute atomic E-state index is 0.755. The van der Waals surface area contributed by atoms with E-state index in [1.54, 1.807) is 0 Å². The van der Waals surface area contributed by atoms with Crippen LogP contribution in [0.3, 0.4) is 0 Å². The number of aliphatic carboxylic acids is 4. The maximum Gasteiger partial charge on any atom is 0.333 e. The molecule has 7 N–H and O–H groups in total. The quantitative estimate of drug-likeness (QED) is 0.289. The SMILES string of the molecule is CC(O)C(=O)O.C[C@H](O)C(=O)O.O=C(O)C[C@H](O)C(=O)O. The van der Waals surface area contributed by atoms with Crippen molar-refractivity contribution in [1.82, 2.24) is 0 Å². The van der Waals surface area contributed by atoms with Crippen molar-refractivity contribution in [2.75, 3.05) is 0 Å². The Labute approximate surface area is 118 Å². The maximum atomic E-state index is 9.72. The van der Waals surface area contributed by atoms with E-state index in [-0.39, 0.29) is 0 Å². The van der Waals surface area contributed by atoms with Crippen molar-refractivity contribution in [3.05, 3.63) is 0 Å². The number of rotatable bonds is 5. The van der Waals surface area contributed by atoms with Gasteiger partial charge in [0, 0.05) is 0 Å². The number of aliphatic hydroxyl groups is 3. The predicted octanol–water partition coefficient (Wildman–Crippen LogP) is -2.19. The minimum Gasteiger partial charge on any atom is -0.481 e. The van der Waals surface area contributed by atoms with Gasteiger partial charge in [-0.05, 0) is 13.8 Å². The Kier molecular flexibility index (Phi) is 14.5. The highest BCUT2D eigenvalue weighted by Crippen LogP contribution is 1.89. The zero-order chi connectivity index (χ0) is 17.7.